The third-order valence-corrected chi connectivity index (χ3v) is 3.44. The van der Waals surface area contributed by atoms with E-state index in [0.29, 0.717) is 0 Å². The van der Waals surface area contributed by atoms with Gasteiger partial charge in [-0.1, -0.05) is 24.3 Å². The molecule has 3 saturated heterocycles. The molecule has 0 aromatic carbocycles. The van der Waals surface area contributed by atoms with Gasteiger partial charge >= 0.3 is 0 Å². The predicted octanol–water partition coefficient (Wildman–Crippen LogP) is 2.70. The van der Waals surface area contributed by atoms with Crippen LogP contribution in [0.2, 0.25) is 0 Å². The highest BCUT2D eigenvalue weighted by atomic mass is 16.8. The molecule has 3 nitrogen and oxygen atoms in total. The van der Waals surface area contributed by atoms with Gasteiger partial charge in [-0.05, 0) is 25.8 Å². The number of fused-ring (bicyclic) bond motifs is 2. The number of allylic oxidation sites excluding steroid dienone is 5. The zero-order valence-electron chi connectivity index (χ0n) is 10.1. The van der Waals surface area contributed by atoms with Crippen molar-refractivity contribution in [3.05, 3.63) is 36.1 Å². The van der Waals surface area contributed by atoms with Crippen molar-refractivity contribution in [1.82, 2.24) is 0 Å². The molecule has 3 aliphatic rings. The second-order valence-electron chi connectivity index (χ2n) is 4.68. The minimum atomic E-state index is -0.469. The van der Waals surface area contributed by atoms with Gasteiger partial charge in [-0.3, -0.25) is 0 Å². The van der Waals surface area contributed by atoms with Crippen LogP contribution >= 0.6 is 0 Å². The fraction of sp³-hybridized carbons (Fsp3) is 0.571. The van der Waals surface area contributed by atoms with E-state index in [1.54, 1.807) is 0 Å². The first-order chi connectivity index (χ1) is 8.36. The number of hydrogen-bond acceptors (Lipinski definition) is 3. The summed E-state index contributed by atoms with van der Waals surface area (Å²) in [5.41, 5.74) is 0. The van der Waals surface area contributed by atoms with Gasteiger partial charge in [-0.25, -0.2) is 0 Å². The van der Waals surface area contributed by atoms with Gasteiger partial charge in [0.1, 0.15) is 11.9 Å². The minimum absolute atomic E-state index is 0.128. The van der Waals surface area contributed by atoms with Crippen molar-refractivity contribution >= 4 is 0 Å². The maximum Gasteiger partial charge on any atom is 0.239 e. The number of ether oxygens (including phenoxy) is 3. The quantitative estimate of drug-likeness (QED) is 0.543. The molecule has 3 heteroatoms. The van der Waals surface area contributed by atoms with Crippen LogP contribution in [0.25, 0.3) is 0 Å². The van der Waals surface area contributed by atoms with Crippen molar-refractivity contribution in [2.24, 2.45) is 0 Å². The molecule has 0 aromatic rings. The first kappa shape index (κ1) is 11.1. The summed E-state index contributed by atoms with van der Waals surface area (Å²) in [6.07, 6.45) is 13.4. The Bertz CT molecular complexity index is 375. The summed E-state index contributed by atoms with van der Waals surface area (Å²) in [7, 11) is 0. The van der Waals surface area contributed by atoms with Crippen molar-refractivity contribution < 1.29 is 14.2 Å². The van der Waals surface area contributed by atoms with Gasteiger partial charge in [0, 0.05) is 6.42 Å². The average Bonchev–Trinajstić information content (AvgIpc) is 3.10. The molecule has 3 heterocycles. The third kappa shape index (κ3) is 1.94. The lowest BCUT2D eigenvalue weighted by molar-refractivity contribution is -0.240. The molecule has 3 aliphatic heterocycles. The van der Waals surface area contributed by atoms with Crippen LogP contribution in [0.4, 0.5) is 0 Å². The Balaban J connectivity index is 1.70. The van der Waals surface area contributed by atoms with Crippen LogP contribution in [-0.4, -0.2) is 24.6 Å². The lowest BCUT2D eigenvalue weighted by atomic mass is 10.0. The first-order valence-electron chi connectivity index (χ1n) is 6.34. The molecule has 0 saturated carbocycles. The number of rotatable bonds is 2. The SMILES string of the molecule is C/C=C/C=C/C=C1/O[C@]2(CCCCO2)[C@@H]2O[C@H]12. The zero-order chi connectivity index (χ0) is 11.7. The van der Waals surface area contributed by atoms with Crippen LogP contribution in [0.5, 0.6) is 0 Å². The summed E-state index contributed by atoms with van der Waals surface area (Å²) in [5.74, 6) is 0.445. The van der Waals surface area contributed by atoms with Crippen molar-refractivity contribution in [3.8, 4) is 0 Å². The van der Waals surface area contributed by atoms with Gasteiger partial charge in [-0.2, -0.15) is 0 Å². The molecule has 0 radical (unpaired) electrons. The predicted molar refractivity (Wildman–Crippen MR) is 64.3 cm³/mol. The van der Waals surface area contributed by atoms with E-state index in [4.69, 9.17) is 14.2 Å². The lowest BCUT2D eigenvalue weighted by Crippen LogP contribution is -2.41. The Morgan fingerprint density at radius 1 is 1.24 bits per heavy atom. The number of epoxide rings is 1. The van der Waals surface area contributed by atoms with Crippen LogP contribution in [0, 0.1) is 0 Å². The van der Waals surface area contributed by atoms with Crippen molar-refractivity contribution in [3.63, 3.8) is 0 Å². The molecule has 3 fully saturated rings. The molecule has 3 rings (SSSR count). The van der Waals surface area contributed by atoms with E-state index in [1.165, 1.54) is 0 Å². The van der Waals surface area contributed by atoms with E-state index < -0.39 is 5.79 Å². The smallest absolute Gasteiger partial charge is 0.239 e. The normalized spacial score (nSPS) is 42.5. The second-order valence-corrected chi connectivity index (χ2v) is 4.68. The van der Waals surface area contributed by atoms with Gasteiger partial charge in [-0.15, -0.1) is 0 Å². The molecule has 0 amide bonds. The summed E-state index contributed by atoms with van der Waals surface area (Å²) < 4.78 is 17.4. The van der Waals surface area contributed by atoms with Gasteiger partial charge in [0.2, 0.25) is 5.79 Å². The molecule has 0 aliphatic carbocycles. The second kappa shape index (κ2) is 4.31. The monoisotopic (exact) mass is 234 g/mol. The Morgan fingerprint density at radius 2 is 2.18 bits per heavy atom. The van der Waals surface area contributed by atoms with E-state index in [1.807, 2.05) is 37.3 Å². The molecular weight excluding hydrogens is 216 g/mol. The van der Waals surface area contributed by atoms with Crippen LogP contribution in [0.1, 0.15) is 26.2 Å². The van der Waals surface area contributed by atoms with E-state index in [9.17, 15) is 0 Å². The van der Waals surface area contributed by atoms with Crippen molar-refractivity contribution in [1.29, 1.82) is 0 Å². The van der Waals surface area contributed by atoms with E-state index >= 15 is 0 Å². The first-order valence-corrected chi connectivity index (χ1v) is 6.34. The van der Waals surface area contributed by atoms with E-state index in [0.717, 1.165) is 31.6 Å². The highest BCUT2D eigenvalue weighted by Gasteiger charge is 2.66. The fourth-order valence-corrected chi connectivity index (χ4v) is 2.53. The molecule has 1 spiro atoms. The zero-order valence-corrected chi connectivity index (χ0v) is 10.1. The van der Waals surface area contributed by atoms with Gasteiger partial charge < -0.3 is 14.2 Å². The summed E-state index contributed by atoms with van der Waals surface area (Å²) in [6, 6.07) is 0. The fourth-order valence-electron chi connectivity index (χ4n) is 2.53. The Kier molecular flexibility index (Phi) is 2.81. The molecule has 0 bridgehead atoms. The van der Waals surface area contributed by atoms with Crippen LogP contribution in [0.15, 0.2) is 36.1 Å². The molecule has 92 valence electrons. The third-order valence-electron chi connectivity index (χ3n) is 3.44. The Labute approximate surface area is 102 Å². The largest absolute Gasteiger partial charge is 0.461 e. The summed E-state index contributed by atoms with van der Waals surface area (Å²) in [6.45, 7) is 2.78. The number of hydrogen-bond donors (Lipinski definition) is 0. The van der Waals surface area contributed by atoms with E-state index in [-0.39, 0.29) is 12.2 Å². The van der Waals surface area contributed by atoms with E-state index in [2.05, 4.69) is 0 Å². The van der Waals surface area contributed by atoms with Gasteiger partial charge in [0.05, 0.1) is 6.61 Å². The highest BCUT2D eigenvalue weighted by Crippen LogP contribution is 2.52. The molecule has 0 N–H and O–H groups in total. The standard InChI is InChI=1S/C14H18O3/c1-2-3-4-5-8-11-12-13(16-12)14(17-11)9-6-7-10-15-14/h2-5,8,12-13H,6-7,9-10H2,1H3/b3-2+,5-4+,11-8+/t12-,13-,14-/m1/s1. The molecule has 17 heavy (non-hydrogen) atoms. The molecule has 3 atom stereocenters. The maximum absolute atomic E-state index is 5.97. The summed E-state index contributed by atoms with van der Waals surface area (Å²) in [5, 5.41) is 0. The van der Waals surface area contributed by atoms with Crippen LogP contribution in [0.3, 0.4) is 0 Å². The van der Waals surface area contributed by atoms with Gasteiger partial charge in [0.25, 0.3) is 0 Å². The highest BCUT2D eigenvalue weighted by molar-refractivity contribution is 5.26. The lowest BCUT2D eigenvalue weighted by Gasteiger charge is -2.33. The van der Waals surface area contributed by atoms with Crippen molar-refractivity contribution in [2.75, 3.05) is 6.61 Å². The average molecular weight is 234 g/mol. The maximum atomic E-state index is 5.97. The van der Waals surface area contributed by atoms with Crippen molar-refractivity contribution in [2.45, 2.75) is 44.2 Å². The Morgan fingerprint density at radius 3 is 2.94 bits per heavy atom. The summed E-state index contributed by atoms with van der Waals surface area (Å²) in [4.78, 5) is 0. The summed E-state index contributed by atoms with van der Waals surface area (Å²) >= 11 is 0. The van der Waals surface area contributed by atoms with Gasteiger partial charge in [0.15, 0.2) is 6.10 Å². The molecule has 0 unspecified atom stereocenters. The molecular formula is C14H18O3. The topological polar surface area (TPSA) is 31.0 Å². The van der Waals surface area contributed by atoms with Crippen LogP contribution < -0.4 is 0 Å². The Hall–Kier alpha value is -1.06. The van der Waals surface area contributed by atoms with Crippen LogP contribution in [-0.2, 0) is 14.2 Å². The molecule has 0 aromatic heterocycles. The minimum Gasteiger partial charge on any atom is -0.461 e.